The lowest BCUT2D eigenvalue weighted by molar-refractivity contribution is -0.145. The zero-order chi connectivity index (χ0) is 19.9. The van der Waals surface area contributed by atoms with Gasteiger partial charge in [-0.2, -0.15) is 0 Å². The normalized spacial score (nSPS) is 21.0. The molecule has 1 atom stereocenters. The Balaban J connectivity index is 1.88. The molecule has 0 radical (unpaired) electrons. The number of carboxylic acids is 1. The van der Waals surface area contributed by atoms with Crippen molar-refractivity contribution in [1.82, 2.24) is 14.7 Å². The molecule has 27 heavy (non-hydrogen) atoms. The second-order valence-corrected chi connectivity index (χ2v) is 6.90. The van der Waals surface area contributed by atoms with Crippen molar-refractivity contribution in [2.45, 2.75) is 24.4 Å². The molecule has 2 saturated heterocycles. The second kappa shape index (κ2) is 6.80. The Hall–Kier alpha value is -2.68. The number of likely N-dealkylation sites (tertiary alicyclic amines) is 1. The molecule has 1 aromatic carbocycles. The Morgan fingerprint density at radius 2 is 1.89 bits per heavy atom. The van der Waals surface area contributed by atoms with Gasteiger partial charge in [-0.1, -0.05) is 0 Å². The first-order valence-electron chi connectivity index (χ1n) is 8.59. The van der Waals surface area contributed by atoms with Crippen LogP contribution >= 0.6 is 0 Å². The van der Waals surface area contributed by atoms with E-state index in [9.17, 15) is 23.9 Å². The fourth-order valence-electron chi connectivity index (χ4n) is 4.06. The topological polar surface area (TPSA) is 90.4 Å². The van der Waals surface area contributed by atoms with Gasteiger partial charge in [0.1, 0.15) is 23.1 Å². The number of hydrogen-bond donors (Lipinski definition) is 1. The molecule has 2 fully saturated rings. The third-order valence-corrected chi connectivity index (χ3v) is 5.63. The lowest BCUT2D eigenvalue weighted by Crippen LogP contribution is -2.56. The Bertz CT molecular complexity index is 791. The Kier molecular flexibility index (Phi) is 4.81. The summed E-state index contributed by atoms with van der Waals surface area (Å²) in [6, 6.07) is 2.29. The zero-order valence-corrected chi connectivity index (χ0v) is 15.4. The first-order chi connectivity index (χ1) is 12.7. The molecule has 3 rings (SSSR count). The van der Waals surface area contributed by atoms with Crippen LogP contribution in [0, 0.1) is 5.82 Å². The number of urea groups is 1. The number of halogens is 1. The van der Waals surface area contributed by atoms with Gasteiger partial charge in [-0.05, 0) is 31.0 Å². The van der Waals surface area contributed by atoms with Gasteiger partial charge < -0.3 is 14.7 Å². The molecule has 2 aliphatic rings. The summed E-state index contributed by atoms with van der Waals surface area (Å²) in [7, 11) is 4.43. The minimum Gasteiger partial charge on any atom is -0.496 e. The van der Waals surface area contributed by atoms with E-state index >= 15 is 0 Å². The summed E-state index contributed by atoms with van der Waals surface area (Å²) in [6.07, 6.45) is 0.611. The van der Waals surface area contributed by atoms with E-state index in [-0.39, 0.29) is 36.3 Å². The molecule has 2 heterocycles. The number of ether oxygens (including phenoxy) is 1. The molecule has 0 bridgehead atoms. The molecule has 2 aliphatic heterocycles. The van der Waals surface area contributed by atoms with Crippen LogP contribution in [0.1, 0.15) is 24.4 Å². The SMILES string of the molecule is COc1ccc(F)cc1C(C(=O)O)N1CCC2(CC1)C(=O)N(C)C(=O)N2C. The van der Waals surface area contributed by atoms with Crippen LogP contribution in [0.15, 0.2) is 18.2 Å². The molecule has 1 spiro atoms. The molecule has 1 unspecified atom stereocenters. The molecule has 0 saturated carbocycles. The van der Waals surface area contributed by atoms with E-state index in [4.69, 9.17) is 4.74 Å². The number of piperidine rings is 1. The highest BCUT2D eigenvalue weighted by Crippen LogP contribution is 2.39. The first kappa shape index (κ1) is 19.1. The number of imide groups is 1. The molecule has 1 N–H and O–H groups in total. The van der Waals surface area contributed by atoms with Crippen LogP contribution in [0.4, 0.5) is 9.18 Å². The minimum absolute atomic E-state index is 0.222. The summed E-state index contributed by atoms with van der Waals surface area (Å²) >= 11 is 0. The zero-order valence-electron chi connectivity index (χ0n) is 15.4. The summed E-state index contributed by atoms with van der Waals surface area (Å²) in [6.45, 7) is 0.543. The van der Waals surface area contributed by atoms with E-state index in [2.05, 4.69) is 0 Å². The van der Waals surface area contributed by atoms with Gasteiger partial charge in [0.25, 0.3) is 5.91 Å². The third-order valence-electron chi connectivity index (χ3n) is 5.63. The van der Waals surface area contributed by atoms with E-state index in [1.165, 1.54) is 31.2 Å². The quantitative estimate of drug-likeness (QED) is 0.794. The van der Waals surface area contributed by atoms with Crippen molar-refractivity contribution < 1.29 is 28.6 Å². The van der Waals surface area contributed by atoms with Gasteiger partial charge in [0, 0.05) is 32.7 Å². The summed E-state index contributed by atoms with van der Waals surface area (Å²) in [5, 5.41) is 9.78. The lowest BCUT2D eigenvalue weighted by atomic mass is 9.85. The molecule has 9 heteroatoms. The highest BCUT2D eigenvalue weighted by Gasteiger charge is 2.56. The van der Waals surface area contributed by atoms with E-state index < -0.39 is 23.4 Å². The van der Waals surface area contributed by atoms with E-state index in [1.54, 1.807) is 11.9 Å². The van der Waals surface area contributed by atoms with Crippen LogP contribution in [0.2, 0.25) is 0 Å². The largest absolute Gasteiger partial charge is 0.496 e. The van der Waals surface area contributed by atoms with Gasteiger partial charge in [0.2, 0.25) is 0 Å². The number of methoxy groups -OCH3 is 1. The summed E-state index contributed by atoms with van der Waals surface area (Å²) in [5.74, 6) is -1.67. The van der Waals surface area contributed by atoms with E-state index in [1.807, 2.05) is 0 Å². The van der Waals surface area contributed by atoms with Crippen molar-refractivity contribution in [2.75, 3.05) is 34.3 Å². The number of benzene rings is 1. The van der Waals surface area contributed by atoms with Crippen molar-refractivity contribution in [3.05, 3.63) is 29.6 Å². The second-order valence-electron chi connectivity index (χ2n) is 6.90. The van der Waals surface area contributed by atoms with Gasteiger partial charge in [0.05, 0.1) is 7.11 Å². The van der Waals surface area contributed by atoms with Crippen LogP contribution in [-0.2, 0) is 9.59 Å². The van der Waals surface area contributed by atoms with Crippen LogP contribution in [0.25, 0.3) is 0 Å². The number of nitrogens with zero attached hydrogens (tertiary/aromatic N) is 3. The van der Waals surface area contributed by atoms with E-state index in [0.717, 1.165) is 11.0 Å². The van der Waals surface area contributed by atoms with Crippen molar-refractivity contribution in [1.29, 1.82) is 0 Å². The smallest absolute Gasteiger partial charge is 0.327 e. The lowest BCUT2D eigenvalue weighted by Gasteiger charge is -2.42. The number of aliphatic carboxylic acids is 1. The molecular weight excluding hydrogens is 357 g/mol. The number of carbonyl (C=O) groups is 3. The molecule has 0 aliphatic carbocycles. The molecule has 3 amide bonds. The average molecular weight is 379 g/mol. The van der Waals surface area contributed by atoms with Crippen LogP contribution in [-0.4, -0.2) is 77.5 Å². The predicted octanol–water partition coefficient (Wildman–Crippen LogP) is 1.32. The minimum atomic E-state index is -1.13. The number of carboxylic acid groups (broad SMARTS) is 1. The Labute approximate surface area is 156 Å². The van der Waals surface area contributed by atoms with Crippen molar-refractivity contribution in [3.8, 4) is 5.75 Å². The fraction of sp³-hybridized carbons (Fsp3) is 0.500. The average Bonchev–Trinajstić information content (AvgIpc) is 2.80. The Morgan fingerprint density at radius 3 is 2.37 bits per heavy atom. The number of likely N-dealkylation sites (N-methyl/N-ethyl adjacent to an activating group) is 2. The van der Waals surface area contributed by atoms with Crippen molar-refractivity contribution >= 4 is 17.9 Å². The maximum Gasteiger partial charge on any atom is 0.327 e. The number of hydrogen-bond acceptors (Lipinski definition) is 5. The van der Waals surface area contributed by atoms with Gasteiger partial charge >= 0.3 is 12.0 Å². The van der Waals surface area contributed by atoms with Crippen LogP contribution < -0.4 is 4.74 Å². The molecule has 0 aromatic heterocycles. The van der Waals surface area contributed by atoms with Crippen LogP contribution in [0.3, 0.4) is 0 Å². The third kappa shape index (κ3) is 2.91. The fourth-order valence-corrected chi connectivity index (χ4v) is 4.06. The van der Waals surface area contributed by atoms with Gasteiger partial charge in [-0.25, -0.2) is 9.18 Å². The van der Waals surface area contributed by atoms with Gasteiger partial charge in [-0.15, -0.1) is 0 Å². The number of amides is 3. The molecular formula is C18H22FN3O5. The van der Waals surface area contributed by atoms with Crippen molar-refractivity contribution in [2.24, 2.45) is 0 Å². The summed E-state index contributed by atoms with van der Waals surface area (Å²) < 4.78 is 18.9. The monoisotopic (exact) mass is 379 g/mol. The standard InChI is InChI=1S/C18H22FN3O5/c1-20-16(25)18(21(2)17(20)26)6-8-22(9-7-18)14(15(23)24)12-10-11(19)4-5-13(12)27-3/h4-5,10,14H,6-9H2,1-3H3,(H,23,24). The predicted molar refractivity (Wildman–Crippen MR) is 92.8 cm³/mol. The first-order valence-corrected chi connectivity index (χ1v) is 8.59. The van der Waals surface area contributed by atoms with E-state index in [0.29, 0.717) is 12.8 Å². The van der Waals surface area contributed by atoms with Crippen LogP contribution in [0.5, 0.6) is 5.75 Å². The maximum atomic E-state index is 13.7. The highest BCUT2D eigenvalue weighted by atomic mass is 19.1. The van der Waals surface area contributed by atoms with Gasteiger partial charge in [0.15, 0.2) is 0 Å². The highest BCUT2D eigenvalue weighted by molar-refractivity contribution is 6.06. The molecule has 146 valence electrons. The van der Waals surface area contributed by atoms with Gasteiger partial charge in [-0.3, -0.25) is 19.4 Å². The molecule has 1 aromatic rings. The summed E-state index contributed by atoms with van der Waals surface area (Å²) in [5.41, 5.74) is -0.725. The maximum absolute atomic E-state index is 13.7. The number of carbonyl (C=O) groups excluding carboxylic acids is 2. The Morgan fingerprint density at radius 1 is 1.26 bits per heavy atom. The summed E-state index contributed by atoms with van der Waals surface area (Å²) in [4.78, 5) is 40.9. The molecule has 8 nitrogen and oxygen atoms in total. The number of rotatable bonds is 4. The van der Waals surface area contributed by atoms with Crippen molar-refractivity contribution in [3.63, 3.8) is 0 Å².